The second-order valence-corrected chi connectivity index (χ2v) is 5.65. The molecular formula is C11H11NO2S2. The van der Waals surface area contributed by atoms with E-state index in [0.717, 1.165) is 14.8 Å². The summed E-state index contributed by atoms with van der Waals surface area (Å²) < 4.78 is 0. The van der Waals surface area contributed by atoms with Gasteiger partial charge in [-0.2, -0.15) is 0 Å². The van der Waals surface area contributed by atoms with E-state index in [0.29, 0.717) is 0 Å². The van der Waals surface area contributed by atoms with Crippen molar-refractivity contribution in [2.45, 2.75) is 19.8 Å². The fourth-order valence-corrected chi connectivity index (χ4v) is 3.22. The van der Waals surface area contributed by atoms with Gasteiger partial charge in [-0.1, -0.05) is 19.9 Å². The van der Waals surface area contributed by atoms with Crippen molar-refractivity contribution in [1.82, 2.24) is 4.98 Å². The average Bonchev–Trinajstić information content (AvgIpc) is 2.86. The molecule has 2 heterocycles. The van der Waals surface area contributed by atoms with Crippen molar-refractivity contribution in [2.75, 3.05) is 0 Å². The zero-order valence-electron chi connectivity index (χ0n) is 8.93. The van der Waals surface area contributed by atoms with E-state index < -0.39 is 5.97 Å². The Morgan fingerprint density at radius 2 is 2.25 bits per heavy atom. The Labute approximate surface area is 101 Å². The summed E-state index contributed by atoms with van der Waals surface area (Å²) in [5, 5.41) is 11.9. The second kappa shape index (κ2) is 4.35. The number of aromatic carboxylic acids is 1. The van der Waals surface area contributed by atoms with Crippen molar-refractivity contribution in [2.24, 2.45) is 0 Å². The zero-order valence-corrected chi connectivity index (χ0v) is 10.6. The van der Waals surface area contributed by atoms with Crippen molar-refractivity contribution in [3.63, 3.8) is 0 Å². The van der Waals surface area contributed by atoms with Crippen molar-refractivity contribution in [3.8, 4) is 9.75 Å². The van der Waals surface area contributed by atoms with Gasteiger partial charge in [0.25, 0.3) is 0 Å². The van der Waals surface area contributed by atoms with E-state index in [2.05, 4.69) is 4.98 Å². The molecule has 5 heteroatoms. The van der Waals surface area contributed by atoms with E-state index in [1.165, 1.54) is 22.7 Å². The van der Waals surface area contributed by atoms with Crippen LogP contribution in [0.2, 0.25) is 0 Å². The van der Waals surface area contributed by atoms with Crippen LogP contribution >= 0.6 is 22.7 Å². The summed E-state index contributed by atoms with van der Waals surface area (Å²) in [4.78, 5) is 17.0. The lowest BCUT2D eigenvalue weighted by Gasteiger charge is -1.94. The summed E-state index contributed by atoms with van der Waals surface area (Å²) >= 11 is 3.01. The number of hydrogen-bond donors (Lipinski definition) is 1. The van der Waals surface area contributed by atoms with Crippen LogP contribution in [0, 0.1) is 0 Å². The van der Waals surface area contributed by atoms with Gasteiger partial charge in [0.05, 0.1) is 9.88 Å². The molecule has 0 aliphatic carbocycles. The van der Waals surface area contributed by atoms with Gasteiger partial charge in [-0.3, -0.25) is 0 Å². The number of rotatable bonds is 3. The predicted molar refractivity (Wildman–Crippen MR) is 66.5 cm³/mol. The van der Waals surface area contributed by atoms with Gasteiger partial charge in [-0.15, -0.1) is 22.7 Å². The summed E-state index contributed by atoms with van der Waals surface area (Å²) in [7, 11) is 0. The second-order valence-electron chi connectivity index (χ2n) is 3.67. The molecule has 2 aromatic heterocycles. The predicted octanol–water partition coefficient (Wildman–Crippen LogP) is 3.69. The molecule has 0 bridgehead atoms. The molecule has 0 spiro atoms. The number of carboxylic acid groups (broad SMARTS) is 1. The number of aromatic nitrogens is 1. The Hall–Kier alpha value is -1.20. The molecule has 0 unspecified atom stereocenters. The Morgan fingerprint density at radius 1 is 1.50 bits per heavy atom. The molecule has 2 rings (SSSR count). The zero-order chi connectivity index (χ0) is 11.7. The van der Waals surface area contributed by atoms with Crippen LogP contribution in [0.5, 0.6) is 0 Å². The van der Waals surface area contributed by atoms with Gasteiger partial charge in [0, 0.05) is 10.8 Å². The molecule has 0 aromatic carbocycles. The number of hydrogen-bond acceptors (Lipinski definition) is 4. The van der Waals surface area contributed by atoms with Gasteiger partial charge in [0.15, 0.2) is 5.69 Å². The normalized spacial score (nSPS) is 10.9. The van der Waals surface area contributed by atoms with Gasteiger partial charge in [-0.25, -0.2) is 9.78 Å². The number of nitrogens with zero attached hydrogens (tertiary/aromatic N) is 1. The smallest absolute Gasteiger partial charge is 0.356 e. The Morgan fingerprint density at radius 3 is 2.75 bits per heavy atom. The quantitative estimate of drug-likeness (QED) is 0.907. The van der Waals surface area contributed by atoms with E-state index in [9.17, 15) is 4.79 Å². The van der Waals surface area contributed by atoms with Crippen LogP contribution in [0.3, 0.4) is 0 Å². The molecule has 0 aliphatic rings. The lowest BCUT2D eigenvalue weighted by molar-refractivity contribution is 0.0692. The maximum absolute atomic E-state index is 11.1. The highest BCUT2D eigenvalue weighted by Crippen LogP contribution is 2.35. The molecule has 0 saturated heterocycles. The van der Waals surface area contributed by atoms with Gasteiger partial charge >= 0.3 is 5.97 Å². The van der Waals surface area contributed by atoms with Gasteiger partial charge in [0.1, 0.15) is 0 Å². The monoisotopic (exact) mass is 253 g/mol. The third-order valence-electron chi connectivity index (χ3n) is 2.09. The third kappa shape index (κ3) is 2.01. The molecule has 0 atom stereocenters. The van der Waals surface area contributed by atoms with Crippen LogP contribution in [0.25, 0.3) is 9.75 Å². The SMILES string of the molecule is CC(C)c1nc(C(=O)O)c(-c2cccs2)s1. The van der Waals surface area contributed by atoms with E-state index >= 15 is 0 Å². The molecule has 1 N–H and O–H groups in total. The molecule has 84 valence electrons. The minimum atomic E-state index is -0.952. The van der Waals surface area contributed by atoms with Gasteiger partial charge in [-0.05, 0) is 11.4 Å². The van der Waals surface area contributed by atoms with E-state index in [1.807, 2.05) is 31.4 Å². The summed E-state index contributed by atoms with van der Waals surface area (Å²) in [6.07, 6.45) is 0. The van der Waals surface area contributed by atoms with Crippen LogP contribution in [0.4, 0.5) is 0 Å². The maximum atomic E-state index is 11.1. The summed E-state index contributed by atoms with van der Waals surface area (Å²) in [6.45, 7) is 4.03. The third-order valence-corrected chi connectivity index (χ3v) is 4.49. The molecule has 16 heavy (non-hydrogen) atoms. The average molecular weight is 253 g/mol. The van der Waals surface area contributed by atoms with Crippen molar-refractivity contribution >= 4 is 28.6 Å². The summed E-state index contributed by atoms with van der Waals surface area (Å²) in [5.41, 5.74) is 0.177. The van der Waals surface area contributed by atoms with Gasteiger partial charge < -0.3 is 5.11 Å². The summed E-state index contributed by atoms with van der Waals surface area (Å²) in [6, 6.07) is 3.84. The van der Waals surface area contributed by atoms with Crippen LogP contribution in [0.1, 0.15) is 35.3 Å². The molecule has 2 aromatic rings. The van der Waals surface area contributed by atoms with E-state index in [1.54, 1.807) is 0 Å². The minimum Gasteiger partial charge on any atom is -0.476 e. The lowest BCUT2D eigenvalue weighted by Crippen LogP contribution is -1.99. The van der Waals surface area contributed by atoms with Crippen LogP contribution in [-0.4, -0.2) is 16.1 Å². The van der Waals surface area contributed by atoms with Crippen molar-refractivity contribution in [1.29, 1.82) is 0 Å². The van der Waals surface area contributed by atoms with E-state index in [-0.39, 0.29) is 11.6 Å². The van der Waals surface area contributed by atoms with Gasteiger partial charge in [0.2, 0.25) is 0 Å². The molecule has 0 radical (unpaired) electrons. The number of carboxylic acids is 1. The Kier molecular flexibility index (Phi) is 3.07. The molecule has 0 saturated carbocycles. The first-order valence-electron chi connectivity index (χ1n) is 4.87. The first-order chi connectivity index (χ1) is 7.59. The Bertz CT molecular complexity index is 500. The highest BCUT2D eigenvalue weighted by molar-refractivity contribution is 7.21. The van der Waals surface area contributed by atoms with E-state index in [4.69, 9.17) is 5.11 Å². The maximum Gasteiger partial charge on any atom is 0.356 e. The van der Waals surface area contributed by atoms with Crippen molar-refractivity contribution in [3.05, 3.63) is 28.2 Å². The number of thiazole rings is 1. The molecule has 0 amide bonds. The lowest BCUT2D eigenvalue weighted by atomic mass is 10.2. The Balaban J connectivity index is 2.55. The minimum absolute atomic E-state index is 0.177. The molecule has 0 fully saturated rings. The topological polar surface area (TPSA) is 50.2 Å². The molecule has 3 nitrogen and oxygen atoms in total. The van der Waals surface area contributed by atoms with Crippen LogP contribution < -0.4 is 0 Å². The number of carbonyl (C=O) groups is 1. The highest BCUT2D eigenvalue weighted by atomic mass is 32.1. The van der Waals surface area contributed by atoms with Crippen LogP contribution in [-0.2, 0) is 0 Å². The molecule has 0 aliphatic heterocycles. The summed E-state index contributed by atoms with van der Waals surface area (Å²) in [5.74, 6) is -0.691. The van der Waals surface area contributed by atoms with Crippen molar-refractivity contribution < 1.29 is 9.90 Å². The highest BCUT2D eigenvalue weighted by Gasteiger charge is 2.20. The standard InChI is InChI=1S/C11H11NO2S2/c1-6(2)10-12-8(11(13)14)9(16-10)7-4-3-5-15-7/h3-6H,1-2H3,(H,13,14). The fraction of sp³-hybridized carbons (Fsp3) is 0.273. The largest absolute Gasteiger partial charge is 0.476 e. The van der Waals surface area contributed by atoms with Crippen LogP contribution in [0.15, 0.2) is 17.5 Å². The fourth-order valence-electron chi connectivity index (χ4n) is 1.30. The molecular weight excluding hydrogens is 242 g/mol. The first-order valence-corrected chi connectivity index (χ1v) is 6.57. The first kappa shape index (κ1) is 11.3. The number of thiophene rings is 1.